The van der Waals surface area contributed by atoms with Crippen LogP contribution in [0.4, 0.5) is 0 Å². The average Bonchev–Trinajstić information content (AvgIpc) is 2.92. The topological polar surface area (TPSA) is 98.5 Å². The molecule has 0 spiro atoms. The van der Waals surface area contributed by atoms with E-state index in [0.29, 0.717) is 19.6 Å². The zero-order valence-electron chi connectivity index (χ0n) is 11.0. The Morgan fingerprint density at radius 1 is 1.35 bits per heavy atom. The third-order valence-electron chi connectivity index (χ3n) is 3.19. The minimum atomic E-state index is -3.65. The van der Waals surface area contributed by atoms with Gasteiger partial charge in [-0.15, -0.1) is 0 Å². The van der Waals surface area contributed by atoms with Crippen molar-refractivity contribution in [3.63, 3.8) is 0 Å². The Morgan fingerprint density at radius 3 is 2.60 bits per heavy atom. The molecule has 0 unspecified atom stereocenters. The molecule has 1 aliphatic rings. The number of hydrogen-bond donors (Lipinski definition) is 2. The second-order valence-electron chi connectivity index (χ2n) is 4.73. The van der Waals surface area contributed by atoms with E-state index in [1.807, 2.05) is 0 Å². The first-order valence-corrected chi connectivity index (χ1v) is 8.02. The van der Waals surface area contributed by atoms with Gasteiger partial charge in [0.05, 0.1) is 4.90 Å². The van der Waals surface area contributed by atoms with Crippen molar-refractivity contribution < 1.29 is 17.9 Å². The molecule has 1 heterocycles. The molecule has 0 aliphatic carbocycles. The number of nitrogens with two attached hydrogens (primary N) is 1. The minimum Gasteiger partial charge on any atom is -0.368 e. The molecule has 2 rings (SSSR count). The lowest BCUT2D eigenvalue weighted by Crippen LogP contribution is -2.35. The van der Waals surface area contributed by atoms with Crippen LogP contribution in [0.3, 0.4) is 0 Å². The van der Waals surface area contributed by atoms with Gasteiger partial charge in [-0.1, -0.05) is 12.1 Å². The maximum absolute atomic E-state index is 11.7. The highest BCUT2D eigenvalue weighted by molar-refractivity contribution is 7.89. The van der Waals surface area contributed by atoms with Crippen molar-refractivity contribution in [2.75, 3.05) is 13.2 Å². The standard InChI is InChI=1S/C13H18N2O4S/c14-20(17,18)11-5-3-10(4-6-11)7-8-15-13(16)12-2-1-9-19-12/h3-6,12H,1-2,7-9H2,(H,15,16)(H2,14,17,18)/t12-/m1/s1. The number of hydrogen-bond acceptors (Lipinski definition) is 4. The Bertz CT molecular complexity index is 563. The quantitative estimate of drug-likeness (QED) is 0.809. The first kappa shape index (κ1) is 15.0. The lowest BCUT2D eigenvalue weighted by molar-refractivity contribution is -0.129. The Morgan fingerprint density at radius 2 is 2.05 bits per heavy atom. The van der Waals surface area contributed by atoms with Crippen LogP contribution in [0.5, 0.6) is 0 Å². The smallest absolute Gasteiger partial charge is 0.249 e. The van der Waals surface area contributed by atoms with Gasteiger partial charge in [0.2, 0.25) is 15.9 Å². The molecular weight excluding hydrogens is 280 g/mol. The summed E-state index contributed by atoms with van der Waals surface area (Å²) in [6, 6.07) is 6.31. The summed E-state index contributed by atoms with van der Waals surface area (Å²) in [5.74, 6) is -0.0799. The van der Waals surface area contributed by atoms with Crippen LogP contribution >= 0.6 is 0 Å². The van der Waals surface area contributed by atoms with Gasteiger partial charge in [-0.3, -0.25) is 4.79 Å². The Balaban J connectivity index is 1.81. The molecule has 7 heteroatoms. The van der Waals surface area contributed by atoms with Crippen molar-refractivity contribution in [3.8, 4) is 0 Å². The van der Waals surface area contributed by atoms with Gasteiger partial charge >= 0.3 is 0 Å². The van der Waals surface area contributed by atoms with E-state index in [2.05, 4.69) is 5.32 Å². The molecule has 1 fully saturated rings. The molecule has 1 aliphatic heterocycles. The summed E-state index contributed by atoms with van der Waals surface area (Å²) < 4.78 is 27.5. The fraction of sp³-hybridized carbons (Fsp3) is 0.462. The van der Waals surface area contributed by atoms with Gasteiger partial charge in [-0.2, -0.15) is 0 Å². The SMILES string of the molecule is NS(=O)(=O)c1ccc(CCNC(=O)[C@H]2CCCO2)cc1. The lowest BCUT2D eigenvalue weighted by Gasteiger charge is -2.10. The zero-order valence-corrected chi connectivity index (χ0v) is 11.9. The number of primary sulfonamides is 1. The second-order valence-corrected chi connectivity index (χ2v) is 6.29. The molecule has 3 N–H and O–H groups in total. The highest BCUT2D eigenvalue weighted by Gasteiger charge is 2.22. The first-order valence-electron chi connectivity index (χ1n) is 6.48. The minimum absolute atomic E-state index is 0.0799. The van der Waals surface area contributed by atoms with Crippen molar-refractivity contribution in [1.82, 2.24) is 5.32 Å². The van der Waals surface area contributed by atoms with Crippen LogP contribution in [0.2, 0.25) is 0 Å². The van der Waals surface area contributed by atoms with Gasteiger partial charge in [0.1, 0.15) is 6.10 Å². The molecule has 0 bridgehead atoms. The zero-order chi connectivity index (χ0) is 14.6. The molecule has 1 amide bonds. The summed E-state index contributed by atoms with van der Waals surface area (Å²) in [6.07, 6.45) is 2.01. The van der Waals surface area contributed by atoms with E-state index in [1.54, 1.807) is 12.1 Å². The third-order valence-corrected chi connectivity index (χ3v) is 4.12. The number of sulfonamides is 1. The maximum atomic E-state index is 11.7. The van der Waals surface area contributed by atoms with Crippen LogP contribution in [0.25, 0.3) is 0 Å². The molecule has 1 aromatic carbocycles. The number of benzene rings is 1. The lowest BCUT2D eigenvalue weighted by atomic mass is 10.1. The summed E-state index contributed by atoms with van der Waals surface area (Å²) >= 11 is 0. The molecule has 0 radical (unpaired) electrons. The maximum Gasteiger partial charge on any atom is 0.249 e. The second kappa shape index (κ2) is 6.34. The summed E-state index contributed by atoms with van der Waals surface area (Å²) in [5, 5.41) is 7.83. The summed E-state index contributed by atoms with van der Waals surface area (Å²) in [5.41, 5.74) is 0.935. The van der Waals surface area contributed by atoms with E-state index in [-0.39, 0.29) is 16.9 Å². The predicted molar refractivity (Wildman–Crippen MR) is 73.5 cm³/mol. The first-order chi connectivity index (χ1) is 9.47. The van der Waals surface area contributed by atoms with Gasteiger partial charge in [-0.05, 0) is 37.0 Å². The summed E-state index contributed by atoms with van der Waals surface area (Å²) in [7, 11) is -3.65. The van der Waals surface area contributed by atoms with Gasteiger partial charge in [0, 0.05) is 13.2 Å². The molecule has 1 atom stereocenters. The molecule has 6 nitrogen and oxygen atoms in total. The molecule has 1 aromatic rings. The molecule has 1 saturated heterocycles. The average molecular weight is 298 g/mol. The number of amides is 1. The largest absolute Gasteiger partial charge is 0.368 e. The van der Waals surface area contributed by atoms with Crippen molar-refractivity contribution in [2.24, 2.45) is 5.14 Å². The number of carbonyl (C=O) groups excluding carboxylic acids is 1. The van der Waals surface area contributed by atoms with Crippen LogP contribution in [0.15, 0.2) is 29.2 Å². The van der Waals surface area contributed by atoms with Gasteiger partial charge in [0.15, 0.2) is 0 Å². The molecular formula is C13H18N2O4S. The molecule has 110 valence electrons. The van der Waals surface area contributed by atoms with E-state index >= 15 is 0 Å². The fourth-order valence-corrected chi connectivity index (χ4v) is 2.59. The van der Waals surface area contributed by atoms with Crippen LogP contribution in [0, 0.1) is 0 Å². The van der Waals surface area contributed by atoms with E-state index < -0.39 is 10.0 Å². The number of ether oxygens (including phenoxy) is 1. The van der Waals surface area contributed by atoms with Gasteiger partial charge < -0.3 is 10.1 Å². The monoisotopic (exact) mass is 298 g/mol. The van der Waals surface area contributed by atoms with Gasteiger partial charge in [0.25, 0.3) is 0 Å². The van der Waals surface area contributed by atoms with Gasteiger partial charge in [-0.25, -0.2) is 13.6 Å². The third kappa shape index (κ3) is 4.03. The van der Waals surface area contributed by atoms with Crippen molar-refractivity contribution in [1.29, 1.82) is 0 Å². The van der Waals surface area contributed by atoms with Crippen molar-refractivity contribution in [2.45, 2.75) is 30.3 Å². The van der Waals surface area contributed by atoms with Crippen LogP contribution in [0.1, 0.15) is 18.4 Å². The number of carbonyl (C=O) groups is 1. The van der Waals surface area contributed by atoms with Crippen LogP contribution in [-0.2, 0) is 26.0 Å². The fourth-order valence-electron chi connectivity index (χ4n) is 2.07. The number of nitrogens with one attached hydrogen (secondary N) is 1. The van der Waals surface area contributed by atoms with E-state index in [1.165, 1.54) is 12.1 Å². The molecule has 0 saturated carbocycles. The molecule has 0 aromatic heterocycles. The van der Waals surface area contributed by atoms with Crippen molar-refractivity contribution in [3.05, 3.63) is 29.8 Å². The Labute approximate surface area is 118 Å². The molecule has 20 heavy (non-hydrogen) atoms. The highest BCUT2D eigenvalue weighted by Crippen LogP contribution is 2.12. The van der Waals surface area contributed by atoms with Crippen LogP contribution in [-0.4, -0.2) is 33.6 Å². The summed E-state index contributed by atoms with van der Waals surface area (Å²) in [6.45, 7) is 1.14. The number of rotatable bonds is 5. The Hall–Kier alpha value is -1.44. The van der Waals surface area contributed by atoms with E-state index in [4.69, 9.17) is 9.88 Å². The van der Waals surface area contributed by atoms with Crippen molar-refractivity contribution >= 4 is 15.9 Å². The van der Waals surface area contributed by atoms with E-state index in [0.717, 1.165) is 18.4 Å². The normalized spacial score (nSPS) is 18.9. The van der Waals surface area contributed by atoms with E-state index in [9.17, 15) is 13.2 Å². The predicted octanol–water partition coefficient (Wildman–Crippen LogP) is 0.172. The highest BCUT2D eigenvalue weighted by atomic mass is 32.2. The van der Waals surface area contributed by atoms with Crippen LogP contribution < -0.4 is 10.5 Å². The summed E-state index contributed by atoms with van der Waals surface area (Å²) in [4.78, 5) is 11.8. The Kier molecular flexibility index (Phi) is 4.74.